The fourth-order valence-corrected chi connectivity index (χ4v) is 3.93. The molecule has 2 aromatic rings. The lowest BCUT2D eigenvalue weighted by Gasteiger charge is -2.24. The zero-order valence-corrected chi connectivity index (χ0v) is 15.3. The summed E-state index contributed by atoms with van der Waals surface area (Å²) in [5.74, 6) is -0.733. The Morgan fingerprint density at radius 3 is 2.54 bits per heavy atom. The molecular weight excluding hydrogens is 352 g/mol. The van der Waals surface area contributed by atoms with Gasteiger partial charge >= 0.3 is 5.97 Å². The highest BCUT2D eigenvalue weighted by Gasteiger charge is 2.25. The van der Waals surface area contributed by atoms with Gasteiger partial charge in [-0.25, -0.2) is 13.2 Å². The third-order valence-electron chi connectivity index (χ3n) is 3.68. The molecule has 7 heteroatoms. The van der Waals surface area contributed by atoms with Gasteiger partial charge in [-0.05, 0) is 36.8 Å². The Kier molecular flexibility index (Phi) is 6.75. The van der Waals surface area contributed by atoms with Crippen molar-refractivity contribution >= 4 is 21.7 Å². The van der Waals surface area contributed by atoms with Crippen LogP contribution in [0.25, 0.3) is 0 Å². The lowest BCUT2D eigenvalue weighted by molar-refractivity contribution is 0.0554. The smallest absolute Gasteiger partial charge is 0.339 e. The molecule has 0 saturated heterocycles. The van der Waals surface area contributed by atoms with Crippen LogP contribution in [0, 0.1) is 11.3 Å². The summed E-state index contributed by atoms with van der Waals surface area (Å²) in [4.78, 5) is 11.9. The number of carbonyl (C=O) groups excluding carboxylic acids is 1. The summed E-state index contributed by atoms with van der Waals surface area (Å²) in [6, 6.07) is 16.2. The van der Waals surface area contributed by atoms with Crippen LogP contribution in [0.3, 0.4) is 0 Å². The van der Waals surface area contributed by atoms with Crippen LogP contribution in [0.5, 0.6) is 0 Å². The molecule has 0 unspecified atom stereocenters. The lowest BCUT2D eigenvalue weighted by atomic mass is 10.2. The normalized spacial score (nSPS) is 10.8. The molecule has 0 spiro atoms. The van der Waals surface area contributed by atoms with Gasteiger partial charge in [0.25, 0.3) is 10.0 Å². The zero-order valence-electron chi connectivity index (χ0n) is 14.5. The average Bonchev–Trinajstić information content (AvgIpc) is 2.67. The minimum Gasteiger partial charge on any atom is -0.447 e. The Hall–Kier alpha value is -2.85. The van der Waals surface area contributed by atoms with Crippen LogP contribution >= 0.6 is 0 Å². The number of nitrogens with zero attached hydrogens (tertiary/aromatic N) is 2. The number of sulfonamides is 1. The van der Waals surface area contributed by atoms with E-state index >= 15 is 0 Å². The van der Waals surface area contributed by atoms with E-state index in [9.17, 15) is 13.2 Å². The Labute approximate surface area is 153 Å². The standard InChI is InChI=1S/C19H20N2O4S/c1-2-3-13-21(17-9-5-4-6-10-17)26(23,24)18-11-7-8-16(15-18)19(22)25-14-12-20/h4-11,15H,2-3,13-14H2,1H3. The summed E-state index contributed by atoms with van der Waals surface area (Å²) in [6.07, 6.45) is 1.55. The second kappa shape index (κ2) is 9.02. The quantitative estimate of drug-likeness (QED) is 0.663. The average molecular weight is 372 g/mol. The van der Waals surface area contributed by atoms with Gasteiger partial charge in [0, 0.05) is 6.54 Å². The summed E-state index contributed by atoms with van der Waals surface area (Å²) in [6.45, 7) is 1.94. The molecule has 0 N–H and O–H groups in total. The molecule has 136 valence electrons. The molecule has 0 aliphatic carbocycles. The van der Waals surface area contributed by atoms with E-state index in [1.807, 2.05) is 13.0 Å². The first-order valence-electron chi connectivity index (χ1n) is 8.22. The van der Waals surface area contributed by atoms with Crippen LogP contribution in [-0.2, 0) is 14.8 Å². The summed E-state index contributed by atoms with van der Waals surface area (Å²) in [5, 5.41) is 8.50. The summed E-state index contributed by atoms with van der Waals surface area (Å²) < 4.78 is 32.4. The molecule has 2 aromatic carbocycles. The first kappa shape index (κ1) is 19.5. The van der Waals surface area contributed by atoms with Gasteiger partial charge in [-0.1, -0.05) is 37.6 Å². The molecule has 0 bridgehead atoms. The number of ether oxygens (including phenoxy) is 1. The van der Waals surface area contributed by atoms with Crippen molar-refractivity contribution in [2.75, 3.05) is 17.5 Å². The minimum atomic E-state index is -3.84. The van der Waals surface area contributed by atoms with Crippen molar-refractivity contribution in [3.8, 4) is 6.07 Å². The zero-order chi connectivity index (χ0) is 19.0. The van der Waals surface area contributed by atoms with Crippen molar-refractivity contribution < 1.29 is 17.9 Å². The van der Waals surface area contributed by atoms with Gasteiger partial charge in [0.1, 0.15) is 6.07 Å². The van der Waals surface area contributed by atoms with Crippen LogP contribution in [0.1, 0.15) is 30.1 Å². The Bertz CT molecular complexity index is 889. The Morgan fingerprint density at radius 2 is 1.88 bits per heavy atom. The molecule has 2 rings (SSSR count). The van der Waals surface area contributed by atoms with Crippen LogP contribution in [0.4, 0.5) is 5.69 Å². The molecule has 0 aliphatic rings. The highest BCUT2D eigenvalue weighted by Crippen LogP contribution is 2.24. The molecule has 26 heavy (non-hydrogen) atoms. The molecule has 0 aliphatic heterocycles. The lowest BCUT2D eigenvalue weighted by Crippen LogP contribution is -2.32. The van der Waals surface area contributed by atoms with Crippen molar-refractivity contribution in [1.82, 2.24) is 0 Å². The van der Waals surface area contributed by atoms with Gasteiger partial charge in [0.15, 0.2) is 6.61 Å². The highest BCUT2D eigenvalue weighted by atomic mass is 32.2. The Morgan fingerprint density at radius 1 is 1.15 bits per heavy atom. The van der Waals surface area contributed by atoms with E-state index in [4.69, 9.17) is 10.00 Å². The number of rotatable bonds is 8. The second-order valence-electron chi connectivity index (χ2n) is 5.53. The number of unbranched alkanes of at least 4 members (excludes halogenated alkanes) is 1. The third-order valence-corrected chi connectivity index (χ3v) is 5.51. The van der Waals surface area contributed by atoms with Gasteiger partial charge in [0.2, 0.25) is 0 Å². The minimum absolute atomic E-state index is 0.00358. The van der Waals surface area contributed by atoms with Crippen LogP contribution < -0.4 is 4.31 Å². The summed E-state index contributed by atoms with van der Waals surface area (Å²) in [7, 11) is -3.84. The van der Waals surface area contributed by atoms with Crippen molar-refractivity contribution in [2.45, 2.75) is 24.7 Å². The number of esters is 1. The number of benzene rings is 2. The van der Waals surface area contributed by atoms with E-state index in [0.29, 0.717) is 18.7 Å². The molecule has 0 saturated carbocycles. The van der Waals surface area contributed by atoms with Crippen molar-refractivity contribution in [3.63, 3.8) is 0 Å². The molecule has 0 radical (unpaired) electrons. The third kappa shape index (κ3) is 4.61. The SMILES string of the molecule is CCCCN(c1ccccc1)S(=O)(=O)c1cccc(C(=O)OCC#N)c1. The van der Waals surface area contributed by atoms with E-state index in [2.05, 4.69) is 0 Å². The summed E-state index contributed by atoms with van der Waals surface area (Å²) >= 11 is 0. The first-order valence-corrected chi connectivity index (χ1v) is 9.66. The Balaban J connectivity index is 2.40. The summed E-state index contributed by atoms with van der Waals surface area (Å²) in [5.41, 5.74) is 0.656. The fraction of sp³-hybridized carbons (Fsp3) is 0.263. The molecule has 0 heterocycles. The number of anilines is 1. The molecular formula is C19H20N2O4S. The number of hydrogen-bond donors (Lipinski definition) is 0. The van der Waals surface area contributed by atoms with Crippen LogP contribution in [0.15, 0.2) is 59.5 Å². The monoisotopic (exact) mass is 372 g/mol. The van der Waals surface area contributed by atoms with Gasteiger partial charge in [-0.2, -0.15) is 5.26 Å². The van der Waals surface area contributed by atoms with E-state index in [-0.39, 0.29) is 17.1 Å². The van der Waals surface area contributed by atoms with Crippen molar-refractivity contribution in [3.05, 3.63) is 60.2 Å². The molecule has 0 amide bonds. The maximum absolute atomic E-state index is 13.1. The molecule has 0 atom stereocenters. The van der Waals surface area contributed by atoms with Crippen LogP contribution in [-0.4, -0.2) is 27.5 Å². The number of para-hydroxylation sites is 1. The second-order valence-corrected chi connectivity index (χ2v) is 7.39. The molecule has 0 aromatic heterocycles. The number of nitriles is 1. The predicted octanol–water partition coefficient (Wildman–Crippen LogP) is 3.36. The highest BCUT2D eigenvalue weighted by molar-refractivity contribution is 7.92. The number of hydrogen-bond acceptors (Lipinski definition) is 5. The maximum Gasteiger partial charge on any atom is 0.339 e. The van der Waals surface area contributed by atoms with E-state index in [1.165, 1.54) is 28.6 Å². The van der Waals surface area contributed by atoms with Crippen LogP contribution in [0.2, 0.25) is 0 Å². The van der Waals surface area contributed by atoms with Crippen molar-refractivity contribution in [1.29, 1.82) is 5.26 Å². The van der Waals surface area contributed by atoms with Crippen molar-refractivity contribution in [2.24, 2.45) is 0 Å². The molecule has 6 nitrogen and oxygen atoms in total. The number of carbonyl (C=O) groups is 1. The molecule has 0 fully saturated rings. The topological polar surface area (TPSA) is 87.5 Å². The first-order chi connectivity index (χ1) is 12.5. The van der Waals surface area contributed by atoms with E-state index in [0.717, 1.165) is 6.42 Å². The van der Waals surface area contributed by atoms with E-state index < -0.39 is 16.0 Å². The van der Waals surface area contributed by atoms with Gasteiger partial charge < -0.3 is 4.74 Å². The maximum atomic E-state index is 13.1. The predicted molar refractivity (Wildman–Crippen MR) is 98.2 cm³/mol. The fourth-order valence-electron chi connectivity index (χ4n) is 2.38. The van der Waals surface area contributed by atoms with E-state index in [1.54, 1.807) is 30.3 Å². The largest absolute Gasteiger partial charge is 0.447 e. The van der Waals surface area contributed by atoms with Gasteiger partial charge in [-0.15, -0.1) is 0 Å². The van der Waals surface area contributed by atoms with Gasteiger partial charge in [-0.3, -0.25) is 4.31 Å². The van der Waals surface area contributed by atoms with Gasteiger partial charge in [0.05, 0.1) is 16.1 Å².